The topological polar surface area (TPSA) is 84.3 Å². The molecular formula is C16H28N6. The second-order valence-electron chi connectivity index (χ2n) is 7.81. The molecule has 122 valence electrons. The molecule has 0 atom stereocenters. The molecule has 3 heterocycles. The summed E-state index contributed by atoms with van der Waals surface area (Å²) >= 11 is 0. The third kappa shape index (κ3) is 3.11. The van der Waals surface area contributed by atoms with Crippen LogP contribution >= 0.6 is 0 Å². The Morgan fingerprint density at radius 1 is 1.09 bits per heavy atom. The molecule has 1 aromatic rings. The van der Waals surface area contributed by atoms with E-state index < -0.39 is 0 Å². The number of nitrogens with zero attached hydrogens (tertiary/aromatic N) is 4. The molecule has 0 aliphatic carbocycles. The molecule has 6 nitrogen and oxygen atoms in total. The predicted molar refractivity (Wildman–Crippen MR) is 90.8 cm³/mol. The highest BCUT2D eigenvalue weighted by molar-refractivity contribution is 5.61. The Hall–Kier alpha value is -1.56. The first-order valence-corrected chi connectivity index (χ1v) is 8.24. The summed E-state index contributed by atoms with van der Waals surface area (Å²) in [5, 5.41) is 0. The Morgan fingerprint density at radius 2 is 1.73 bits per heavy atom. The third-order valence-electron chi connectivity index (χ3n) is 4.56. The van der Waals surface area contributed by atoms with Crippen LogP contribution in [0.4, 0.5) is 17.6 Å². The van der Waals surface area contributed by atoms with Gasteiger partial charge >= 0.3 is 0 Å². The van der Waals surface area contributed by atoms with Crippen molar-refractivity contribution in [3.05, 3.63) is 5.56 Å². The average Bonchev–Trinajstić information content (AvgIpc) is 2.84. The Morgan fingerprint density at radius 3 is 2.32 bits per heavy atom. The summed E-state index contributed by atoms with van der Waals surface area (Å²) in [4.78, 5) is 13.6. The fourth-order valence-corrected chi connectivity index (χ4v) is 3.43. The normalized spacial score (nSPS) is 20.4. The molecular weight excluding hydrogens is 276 g/mol. The lowest BCUT2D eigenvalue weighted by Crippen LogP contribution is -2.59. The molecule has 0 radical (unpaired) electrons. The third-order valence-corrected chi connectivity index (χ3v) is 4.56. The van der Waals surface area contributed by atoms with Crippen molar-refractivity contribution in [1.82, 2.24) is 14.9 Å². The first kappa shape index (κ1) is 15.3. The van der Waals surface area contributed by atoms with E-state index >= 15 is 0 Å². The molecule has 2 fully saturated rings. The molecule has 4 N–H and O–H groups in total. The largest absolute Gasteiger partial charge is 0.383 e. The van der Waals surface area contributed by atoms with E-state index in [0.29, 0.717) is 11.9 Å². The fraction of sp³-hybridized carbons (Fsp3) is 0.750. The Kier molecular flexibility index (Phi) is 3.89. The molecule has 22 heavy (non-hydrogen) atoms. The van der Waals surface area contributed by atoms with Gasteiger partial charge < -0.3 is 16.4 Å². The van der Waals surface area contributed by atoms with E-state index in [1.54, 1.807) is 0 Å². The van der Waals surface area contributed by atoms with Crippen LogP contribution in [0, 0.1) is 5.41 Å². The maximum absolute atomic E-state index is 6.13. The van der Waals surface area contributed by atoms with Gasteiger partial charge in [-0.2, -0.15) is 9.97 Å². The molecule has 1 aromatic heterocycles. The maximum atomic E-state index is 6.13. The van der Waals surface area contributed by atoms with Crippen LogP contribution in [-0.2, 0) is 6.42 Å². The Balaban J connectivity index is 1.78. The van der Waals surface area contributed by atoms with E-state index in [2.05, 4.69) is 40.5 Å². The highest BCUT2D eigenvalue weighted by Gasteiger charge is 2.35. The minimum absolute atomic E-state index is 0.140. The fourth-order valence-electron chi connectivity index (χ4n) is 3.43. The molecule has 0 bridgehead atoms. The van der Waals surface area contributed by atoms with E-state index in [1.165, 1.54) is 25.9 Å². The van der Waals surface area contributed by atoms with Gasteiger partial charge in [0.05, 0.1) is 0 Å². The smallest absolute Gasteiger partial charge is 0.223 e. The summed E-state index contributed by atoms with van der Waals surface area (Å²) in [6.45, 7) is 11.1. The summed E-state index contributed by atoms with van der Waals surface area (Å²) in [6, 6.07) is 0.655. The molecule has 0 aromatic carbocycles. The second kappa shape index (κ2) is 5.57. The summed E-state index contributed by atoms with van der Waals surface area (Å²) in [5.74, 6) is 1.74. The summed E-state index contributed by atoms with van der Waals surface area (Å²) in [7, 11) is 0. The van der Waals surface area contributed by atoms with Crippen molar-refractivity contribution in [3.8, 4) is 0 Å². The predicted octanol–water partition coefficient (Wildman–Crippen LogP) is 1.51. The second-order valence-corrected chi connectivity index (χ2v) is 7.81. The number of nitrogen functional groups attached to an aromatic ring is 2. The van der Waals surface area contributed by atoms with Crippen molar-refractivity contribution < 1.29 is 0 Å². The van der Waals surface area contributed by atoms with Crippen molar-refractivity contribution in [2.24, 2.45) is 5.41 Å². The number of aromatic nitrogens is 2. The molecule has 0 spiro atoms. The zero-order valence-electron chi connectivity index (χ0n) is 14.0. The monoisotopic (exact) mass is 304 g/mol. The Bertz CT molecular complexity index is 538. The van der Waals surface area contributed by atoms with Gasteiger partial charge in [0, 0.05) is 24.7 Å². The van der Waals surface area contributed by atoms with E-state index in [1.807, 2.05) is 0 Å². The standard InChI is InChI=1S/C16H28N6/c1-16(2,3)8-12-13(17)19-15(18)20-14(12)22-9-11(10-22)21-6-4-5-7-21/h11H,4-10H2,1-3H3,(H4,17,18,19,20). The van der Waals surface area contributed by atoms with Crippen LogP contribution in [0.2, 0.25) is 0 Å². The van der Waals surface area contributed by atoms with Crippen LogP contribution in [0.25, 0.3) is 0 Å². The van der Waals surface area contributed by atoms with Gasteiger partial charge in [0.15, 0.2) is 0 Å². The Labute approximate surface area is 132 Å². The lowest BCUT2D eigenvalue weighted by Gasteiger charge is -2.45. The zero-order valence-corrected chi connectivity index (χ0v) is 14.0. The maximum Gasteiger partial charge on any atom is 0.223 e. The highest BCUT2D eigenvalue weighted by Crippen LogP contribution is 2.34. The average molecular weight is 304 g/mol. The number of hydrogen-bond donors (Lipinski definition) is 2. The van der Waals surface area contributed by atoms with Gasteiger partial charge in [-0.25, -0.2) is 0 Å². The summed E-state index contributed by atoms with van der Waals surface area (Å²) in [5.41, 5.74) is 13.1. The molecule has 0 unspecified atom stereocenters. The first-order chi connectivity index (χ1) is 10.3. The van der Waals surface area contributed by atoms with Crippen LogP contribution in [0.3, 0.4) is 0 Å². The number of likely N-dealkylation sites (tertiary alicyclic amines) is 1. The van der Waals surface area contributed by atoms with E-state index in [9.17, 15) is 0 Å². The van der Waals surface area contributed by atoms with Gasteiger partial charge in [-0.3, -0.25) is 4.90 Å². The molecule has 6 heteroatoms. The van der Waals surface area contributed by atoms with Gasteiger partial charge in [0.25, 0.3) is 0 Å². The minimum Gasteiger partial charge on any atom is -0.383 e. The molecule has 2 aliphatic rings. The van der Waals surface area contributed by atoms with Crippen LogP contribution < -0.4 is 16.4 Å². The molecule has 2 aliphatic heterocycles. The highest BCUT2D eigenvalue weighted by atomic mass is 15.3. The molecule has 2 saturated heterocycles. The summed E-state index contributed by atoms with van der Waals surface area (Å²) < 4.78 is 0. The molecule has 3 rings (SSSR count). The number of rotatable bonds is 3. The van der Waals surface area contributed by atoms with Gasteiger partial charge in [-0.1, -0.05) is 20.8 Å². The van der Waals surface area contributed by atoms with Gasteiger partial charge in [0.1, 0.15) is 11.6 Å². The number of nitrogens with two attached hydrogens (primary N) is 2. The summed E-state index contributed by atoms with van der Waals surface area (Å²) in [6.07, 6.45) is 3.53. The number of anilines is 3. The quantitative estimate of drug-likeness (QED) is 0.880. The van der Waals surface area contributed by atoms with Crippen LogP contribution in [0.5, 0.6) is 0 Å². The van der Waals surface area contributed by atoms with Crippen molar-refractivity contribution >= 4 is 17.6 Å². The van der Waals surface area contributed by atoms with E-state index in [0.717, 1.165) is 30.9 Å². The lowest BCUT2D eigenvalue weighted by molar-refractivity contribution is 0.204. The van der Waals surface area contributed by atoms with Crippen LogP contribution in [0.1, 0.15) is 39.2 Å². The lowest BCUT2D eigenvalue weighted by atomic mass is 9.88. The van der Waals surface area contributed by atoms with Crippen LogP contribution in [0.15, 0.2) is 0 Å². The molecule has 0 amide bonds. The SMILES string of the molecule is CC(C)(C)Cc1c(N)nc(N)nc1N1CC(N2CCCC2)C1. The van der Waals surface area contributed by atoms with Crippen molar-refractivity contribution in [2.75, 3.05) is 42.5 Å². The van der Waals surface area contributed by atoms with E-state index in [-0.39, 0.29) is 11.4 Å². The van der Waals surface area contributed by atoms with E-state index in [4.69, 9.17) is 11.5 Å². The van der Waals surface area contributed by atoms with Crippen molar-refractivity contribution in [3.63, 3.8) is 0 Å². The number of hydrogen-bond acceptors (Lipinski definition) is 6. The van der Waals surface area contributed by atoms with Crippen molar-refractivity contribution in [2.45, 2.75) is 46.1 Å². The zero-order chi connectivity index (χ0) is 15.9. The first-order valence-electron chi connectivity index (χ1n) is 8.24. The van der Waals surface area contributed by atoms with Gasteiger partial charge in [-0.15, -0.1) is 0 Å². The minimum atomic E-state index is 0.140. The molecule has 0 saturated carbocycles. The van der Waals surface area contributed by atoms with Gasteiger partial charge in [0.2, 0.25) is 5.95 Å². The van der Waals surface area contributed by atoms with Crippen LogP contribution in [-0.4, -0.2) is 47.1 Å². The van der Waals surface area contributed by atoms with Gasteiger partial charge in [-0.05, 0) is 37.8 Å². The van der Waals surface area contributed by atoms with Crippen molar-refractivity contribution in [1.29, 1.82) is 0 Å².